The molecule has 2 nitrogen and oxygen atoms in total. The lowest BCUT2D eigenvalue weighted by atomic mass is 10.2. The highest BCUT2D eigenvalue weighted by Gasteiger charge is 2.05. The summed E-state index contributed by atoms with van der Waals surface area (Å²) in [6.45, 7) is 7.39. The van der Waals surface area contributed by atoms with Gasteiger partial charge in [0.15, 0.2) is 0 Å². The second-order valence-corrected chi connectivity index (χ2v) is 4.00. The van der Waals surface area contributed by atoms with Gasteiger partial charge in [-0.3, -0.25) is 4.98 Å². The van der Waals surface area contributed by atoms with Crippen LogP contribution in [0.5, 0.6) is 0 Å². The molecular formula is C13H16N2. The molecule has 0 aliphatic rings. The van der Waals surface area contributed by atoms with Gasteiger partial charge in [-0.25, -0.2) is 0 Å². The molecule has 2 aromatic rings. The van der Waals surface area contributed by atoms with Crippen LogP contribution in [0, 0.1) is 20.8 Å². The quantitative estimate of drug-likeness (QED) is 0.729. The van der Waals surface area contributed by atoms with Gasteiger partial charge in [0, 0.05) is 30.3 Å². The van der Waals surface area contributed by atoms with Gasteiger partial charge in [0.25, 0.3) is 0 Å². The molecule has 15 heavy (non-hydrogen) atoms. The fraction of sp³-hybridized carbons (Fsp3) is 0.308. The van der Waals surface area contributed by atoms with Crippen LogP contribution in [-0.4, -0.2) is 9.55 Å². The first-order valence-electron chi connectivity index (χ1n) is 5.20. The Kier molecular flexibility index (Phi) is 2.58. The van der Waals surface area contributed by atoms with Crippen LogP contribution < -0.4 is 0 Å². The zero-order valence-corrected chi connectivity index (χ0v) is 9.49. The van der Waals surface area contributed by atoms with Crippen molar-refractivity contribution in [1.82, 2.24) is 9.55 Å². The van der Waals surface area contributed by atoms with E-state index in [1.54, 1.807) is 0 Å². The molecule has 0 atom stereocenters. The zero-order chi connectivity index (χ0) is 10.8. The monoisotopic (exact) mass is 200 g/mol. The Morgan fingerprint density at radius 1 is 1.27 bits per heavy atom. The summed E-state index contributed by atoms with van der Waals surface area (Å²) in [5, 5.41) is 0. The van der Waals surface area contributed by atoms with Crippen LogP contribution in [-0.2, 0) is 6.54 Å². The van der Waals surface area contributed by atoms with E-state index in [2.05, 4.69) is 42.5 Å². The standard InChI is InChI=1S/C13H16N2/c1-10-7-11(2)15(12(10)3)9-13-5-4-6-14-8-13/h4-8H,9H2,1-3H3. The van der Waals surface area contributed by atoms with E-state index in [-0.39, 0.29) is 0 Å². The van der Waals surface area contributed by atoms with Crippen molar-refractivity contribution in [3.63, 3.8) is 0 Å². The molecule has 0 spiro atoms. The second kappa shape index (κ2) is 3.89. The predicted octanol–water partition coefficient (Wildman–Crippen LogP) is 2.86. The van der Waals surface area contributed by atoms with E-state index in [4.69, 9.17) is 0 Å². The van der Waals surface area contributed by atoms with Gasteiger partial charge >= 0.3 is 0 Å². The molecule has 0 saturated heterocycles. The van der Waals surface area contributed by atoms with Crippen molar-refractivity contribution in [2.75, 3.05) is 0 Å². The SMILES string of the molecule is Cc1cc(C)n(Cc2cccnc2)c1C. The van der Waals surface area contributed by atoms with E-state index >= 15 is 0 Å². The molecule has 0 fully saturated rings. The molecule has 78 valence electrons. The van der Waals surface area contributed by atoms with Crippen molar-refractivity contribution in [3.8, 4) is 0 Å². The van der Waals surface area contributed by atoms with Crippen molar-refractivity contribution in [2.24, 2.45) is 0 Å². The van der Waals surface area contributed by atoms with Crippen LogP contribution in [0.4, 0.5) is 0 Å². The number of nitrogens with zero attached hydrogens (tertiary/aromatic N) is 2. The van der Waals surface area contributed by atoms with E-state index in [9.17, 15) is 0 Å². The number of hydrogen-bond acceptors (Lipinski definition) is 1. The number of aromatic nitrogens is 2. The fourth-order valence-electron chi connectivity index (χ4n) is 1.89. The molecule has 0 aliphatic carbocycles. The summed E-state index contributed by atoms with van der Waals surface area (Å²) in [5.41, 5.74) is 5.26. The average Bonchev–Trinajstić information content (AvgIpc) is 2.47. The Hall–Kier alpha value is -1.57. The topological polar surface area (TPSA) is 17.8 Å². The molecular weight excluding hydrogens is 184 g/mol. The molecule has 0 N–H and O–H groups in total. The maximum absolute atomic E-state index is 4.13. The molecule has 0 saturated carbocycles. The van der Waals surface area contributed by atoms with Gasteiger partial charge < -0.3 is 4.57 Å². The number of pyridine rings is 1. The van der Waals surface area contributed by atoms with Crippen LogP contribution in [0.3, 0.4) is 0 Å². The largest absolute Gasteiger partial charge is 0.344 e. The lowest BCUT2D eigenvalue weighted by Gasteiger charge is -2.09. The van der Waals surface area contributed by atoms with Crippen LogP contribution in [0.25, 0.3) is 0 Å². The van der Waals surface area contributed by atoms with Crippen molar-refractivity contribution < 1.29 is 0 Å². The number of rotatable bonds is 2. The number of aryl methyl sites for hydroxylation is 2. The smallest absolute Gasteiger partial charge is 0.0490 e. The molecule has 2 rings (SSSR count). The van der Waals surface area contributed by atoms with Crippen molar-refractivity contribution >= 4 is 0 Å². The maximum atomic E-state index is 4.13. The Bertz CT molecular complexity index is 455. The van der Waals surface area contributed by atoms with Gasteiger partial charge in [-0.15, -0.1) is 0 Å². The highest BCUT2D eigenvalue weighted by molar-refractivity contribution is 5.26. The maximum Gasteiger partial charge on any atom is 0.0490 e. The molecule has 0 aromatic carbocycles. The summed E-state index contributed by atoms with van der Waals surface area (Å²) in [6, 6.07) is 6.32. The zero-order valence-electron chi connectivity index (χ0n) is 9.49. The van der Waals surface area contributed by atoms with E-state index < -0.39 is 0 Å². The lowest BCUT2D eigenvalue weighted by molar-refractivity contribution is 0.744. The second-order valence-electron chi connectivity index (χ2n) is 4.00. The van der Waals surface area contributed by atoms with Gasteiger partial charge in [-0.05, 0) is 44.0 Å². The average molecular weight is 200 g/mol. The fourth-order valence-corrected chi connectivity index (χ4v) is 1.89. The van der Waals surface area contributed by atoms with E-state index in [1.165, 1.54) is 22.5 Å². The summed E-state index contributed by atoms with van der Waals surface area (Å²) in [7, 11) is 0. The van der Waals surface area contributed by atoms with Crippen LogP contribution in [0.15, 0.2) is 30.6 Å². The van der Waals surface area contributed by atoms with Crippen LogP contribution in [0.2, 0.25) is 0 Å². The Morgan fingerprint density at radius 3 is 2.60 bits per heavy atom. The molecule has 0 unspecified atom stereocenters. The molecule has 2 heteroatoms. The van der Waals surface area contributed by atoms with Gasteiger partial charge in [0.05, 0.1) is 0 Å². The molecule has 2 heterocycles. The third-order valence-corrected chi connectivity index (χ3v) is 2.89. The van der Waals surface area contributed by atoms with Gasteiger partial charge in [0.1, 0.15) is 0 Å². The van der Waals surface area contributed by atoms with Crippen molar-refractivity contribution in [2.45, 2.75) is 27.3 Å². The van der Waals surface area contributed by atoms with Crippen LogP contribution in [0.1, 0.15) is 22.5 Å². The summed E-state index contributed by atoms with van der Waals surface area (Å²) in [6.07, 6.45) is 3.73. The normalized spacial score (nSPS) is 10.6. The summed E-state index contributed by atoms with van der Waals surface area (Å²) in [5.74, 6) is 0. The molecule has 2 aromatic heterocycles. The lowest BCUT2D eigenvalue weighted by Crippen LogP contribution is -2.03. The number of hydrogen-bond donors (Lipinski definition) is 0. The van der Waals surface area contributed by atoms with Gasteiger partial charge in [0.2, 0.25) is 0 Å². The summed E-state index contributed by atoms with van der Waals surface area (Å²) >= 11 is 0. The predicted molar refractivity (Wildman–Crippen MR) is 62.0 cm³/mol. The van der Waals surface area contributed by atoms with Crippen LogP contribution >= 0.6 is 0 Å². The van der Waals surface area contributed by atoms with E-state index in [0.29, 0.717) is 0 Å². The first kappa shape index (κ1) is 9.97. The first-order valence-corrected chi connectivity index (χ1v) is 5.20. The Balaban J connectivity index is 2.32. The Morgan fingerprint density at radius 2 is 2.07 bits per heavy atom. The molecule has 0 aliphatic heterocycles. The summed E-state index contributed by atoms with van der Waals surface area (Å²) in [4.78, 5) is 4.13. The minimum atomic E-state index is 0.916. The third kappa shape index (κ3) is 1.94. The first-order chi connectivity index (χ1) is 7.18. The van der Waals surface area contributed by atoms with Gasteiger partial charge in [-0.1, -0.05) is 6.07 Å². The minimum absolute atomic E-state index is 0.916. The van der Waals surface area contributed by atoms with Crippen molar-refractivity contribution in [3.05, 3.63) is 53.1 Å². The molecule has 0 amide bonds. The van der Waals surface area contributed by atoms with E-state index in [1.807, 2.05) is 18.5 Å². The highest BCUT2D eigenvalue weighted by Crippen LogP contribution is 2.15. The third-order valence-electron chi connectivity index (χ3n) is 2.89. The van der Waals surface area contributed by atoms with E-state index in [0.717, 1.165) is 6.54 Å². The van der Waals surface area contributed by atoms with Crippen molar-refractivity contribution in [1.29, 1.82) is 0 Å². The highest BCUT2D eigenvalue weighted by atomic mass is 15.0. The molecule has 0 bridgehead atoms. The molecule has 0 radical (unpaired) electrons. The van der Waals surface area contributed by atoms with Gasteiger partial charge in [-0.2, -0.15) is 0 Å². The Labute approximate surface area is 90.6 Å². The summed E-state index contributed by atoms with van der Waals surface area (Å²) < 4.78 is 2.33. The minimum Gasteiger partial charge on any atom is -0.344 e.